The van der Waals surface area contributed by atoms with E-state index in [0.29, 0.717) is 11.1 Å². The molecule has 0 unspecified atom stereocenters. The number of hydrogen-bond acceptors (Lipinski definition) is 12. The standard InChI is InChI=1S/C27H20N10O4/c38-36(39)21-12-8-18(9-13-21)16-28-34-26-31-25(30-24-7-3-5-20-4-1-2-6-23(20)24)32-27(33-26)35-29-17-19-10-14-22(15-11-19)37(40)41/h1-17H,(H3,30,31,32,33,34,35)/b28-16-,29-17-. The second-order valence-electron chi connectivity index (χ2n) is 8.40. The smallest absolute Gasteiger partial charge is 0.269 e. The molecule has 0 bridgehead atoms. The van der Waals surface area contributed by atoms with Crippen LogP contribution in [-0.2, 0) is 0 Å². The van der Waals surface area contributed by atoms with E-state index in [9.17, 15) is 20.2 Å². The minimum absolute atomic E-state index is 0.0262. The van der Waals surface area contributed by atoms with Crippen LogP contribution in [0, 0.1) is 20.2 Å². The van der Waals surface area contributed by atoms with Crippen molar-refractivity contribution < 1.29 is 9.85 Å². The SMILES string of the molecule is O=[N+]([O-])c1ccc(/C=N\Nc2nc(N/N=C\c3ccc([N+](=O)[O-])cc3)nc(Nc3cccc4ccccc34)n2)cc1. The first-order valence-electron chi connectivity index (χ1n) is 12.0. The van der Waals surface area contributed by atoms with E-state index in [1.54, 1.807) is 24.3 Å². The Bertz CT molecular complexity index is 1680. The molecule has 0 aliphatic heterocycles. The first-order valence-corrected chi connectivity index (χ1v) is 12.0. The lowest BCUT2D eigenvalue weighted by molar-refractivity contribution is -0.385. The van der Waals surface area contributed by atoms with Crippen molar-refractivity contribution in [2.24, 2.45) is 10.2 Å². The summed E-state index contributed by atoms with van der Waals surface area (Å²) in [5.74, 6) is 0.389. The summed E-state index contributed by atoms with van der Waals surface area (Å²) in [5.41, 5.74) is 7.44. The topological polar surface area (TPSA) is 186 Å². The zero-order valence-electron chi connectivity index (χ0n) is 21.1. The first-order chi connectivity index (χ1) is 19.9. The summed E-state index contributed by atoms with van der Waals surface area (Å²) in [6.07, 6.45) is 2.93. The predicted molar refractivity (Wildman–Crippen MR) is 156 cm³/mol. The molecule has 4 aromatic carbocycles. The Hall–Kier alpha value is -6.31. The number of non-ortho nitro benzene ring substituents is 2. The highest BCUT2D eigenvalue weighted by atomic mass is 16.6. The van der Waals surface area contributed by atoms with Gasteiger partial charge in [-0.15, -0.1) is 0 Å². The van der Waals surface area contributed by atoms with Crippen molar-refractivity contribution in [3.8, 4) is 0 Å². The van der Waals surface area contributed by atoms with Crippen molar-refractivity contribution in [3.63, 3.8) is 0 Å². The van der Waals surface area contributed by atoms with Gasteiger partial charge in [-0.25, -0.2) is 10.9 Å². The van der Waals surface area contributed by atoms with Gasteiger partial charge in [0.25, 0.3) is 11.4 Å². The van der Waals surface area contributed by atoms with Crippen LogP contribution in [0.4, 0.5) is 34.9 Å². The highest BCUT2D eigenvalue weighted by Crippen LogP contribution is 2.25. The maximum absolute atomic E-state index is 10.9. The van der Waals surface area contributed by atoms with E-state index in [1.165, 1.54) is 36.7 Å². The third-order valence-corrected chi connectivity index (χ3v) is 5.64. The maximum atomic E-state index is 10.9. The molecule has 5 aromatic rings. The summed E-state index contributed by atoms with van der Waals surface area (Å²) in [6, 6.07) is 25.4. The third-order valence-electron chi connectivity index (χ3n) is 5.64. The molecule has 202 valence electrons. The number of fused-ring (bicyclic) bond motifs is 1. The van der Waals surface area contributed by atoms with E-state index in [0.717, 1.165) is 16.5 Å². The van der Waals surface area contributed by atoms with E-state index in [2.05, 4.69) is 41.3 Å². The third kappa shape index (κ3) is 6.77. The van der Waals surface area contributed by atoms with E-state index in [1.807, 2.05) is 42.5 Å². The lowest BCUT2D eigenvalue weighted by Crippen LogP contribution is -2.07. The number of aromatic nitrogens is 3. The van der Waals surface area contributed by atoms with Gasteiger partial charge in [-0.1, -0.05) is 36.4 Å². The number of nitrogens with zero attached hydrogens (tertiary/aromatic N) is 7. The Kier molecular flexibility index (Phi) is 7.72. The molecule has 0 fully saturated rings. The van der Waals surface area contributed by atoms with Crippen molar-refractivity contribution >= 4 is 58.1 Å². The predicted octanol–water partition coefficient (Wildman–Crippen LogP) is 5.48. The first kappa shape index (κ1) is 26.3. The van der Waals surface area contributed by atoms with Crippen LogP contribution in [0.1, 0.15) is 11.1 Å². The number of nitro benzene ring substituents is 2. The molecule has 0 aliphatic carbocycles. The van der Waals surface area contributed by atoms with Crippen LogP contribution >= 0.6 is 0 Å². The molecule has 0 saturated carbocycles. The van der Waals surface area contributed by atoms with Crippen molar-refractivity contribution in [3.05, 3.63) is 122 Å². The Balaban J connectivity index is 1.38. The number of rotatable bonds is 10. The molecule has 41 heavy (non-hydrogen) atoms. The Morgan fingerprint density at radius 3 is 1.63 bits per heavy atom. The molecule has 3 N–H and O–H groups in total. The highest BCUT2D eigenvalue weighted by molar-refractivity contribution is 5.95. The molecule has 1 heterocycles. The van der Waals surface area contributed by atoms with Gasteiger partial charge in [0.1, 0.15) is 0 Å². The molecule has 5 rings (SSSR count). The minimum atomic E-state index is -0.479. The number of nitro groups is 2. The monoisotopic (exact) mass is 548 g/mol. The van der Waals surface area contributed by atoms with Gasteiger partial charge in [-0.3, -0.25) is 20.2 Å². The summed E-state index contributed by atoms with van der Waals surface area (Å²) in [4.78, 5) is 33.8. The van der Waals surface area contributed by atoms with E-state index in [-0.39, 0.29) is 29.2 Å². The zero-order chi connectivity index (χ0) is 28.6. The van der Waals surface area contributed by atoms with Crippen LogP contribution in [0.5, 0.6) is 0 Å². The lowest BCUT2D eigenvalue weighted by Gasteiger charge is -2.10. The summed E-state index contributed by atoms with van der Waals surface area (Å²) in [7, 11) is 0. The fraction of sp³-hybridized carbons (Fsp3) is 0. The summed E-state index contributed by atoms with van der Waals surface area (Å²) >= 11 is 0. The van der Waals surface area contributed by atoms with Crippen molar-refractivity contribution in [2.45, 2.75) is 0 Å². The van der Waals surface area contributed by atoms with Crippen molar-refractivity contribution in [1.29, 1.82) is 0 Å². The lowest BCUT2D eigenvalue weighted by atomic mass is 10.1. The average Bonchev–Trinajstić information content (AvgIpc) is 2.98. The Morgan fingerprint density at radius 1 is 0.610 bits per heavy atom. The molecule has 0 aliphatic rings. The molecule has 0 saturated heterocycles. The molecule has 14 heteroatoms. The van der Waals surface area contributed by atoms with E-state index < -0.39 is 9.85 Å². The fourth-order valence-corrected chi connectivity index (χ4v) is 3.68. The van der Waals surface area contributed by atoms with Crippen LogP contribution in [0.2, 0.25) is 0 Å². The van der Waals surface area contributed by atoms with Gasteiger partial charge in [0, 0.05) is 35.3 Å². The summed E-state index contributed by atoms with van der Waals surface area (Å²) < 4.78 is 0. The number of hydrazone groups is 2. The van der Waals surface area contributed by atoms with Crippen molar-refractivity contribution in [2.75, 3.05) is 16.2 Å². The van der Waals surface area contributed by atoms with Crippen LogP contribution in [0.15, 0.2) is 101 Å². The highest BCUT2D eigenvalue weighted by Gasteiger charge is 2.09. The molecular weight excluding hydrogens is 528 g/mol. The molecule has 14 nitrogen and oxygen atoms in total. The van der Waals surface area contributed by atoms with Gasteiger partial charge < -0.3 is 5.32 Å². The minimum Gasteiger partial charge on any atom is -0.323 e. The van der Waals surface area contributed by atoms with Crippen LogP contribution < -0.4 is 16.2 Å². The van der Waals surface area contributed by atoms with Gasteiger partial charge in [0.05, 0.1) is 22.3 Å². The normalized spacial score (nSPS) is 11.1. The van der Waals surface area contributed by atoms with Gasteiger partial charge in [-0.05, 0) is 46.8 Å². The molecule has 0 atom stereocenters. The van der Waals surface area contributed by atoms with Crippen LogP contribution in [-0.4, -0.2) is 37.2 Å². The second-order valence-corrected chi connectivity index (χ2v) is 8.40. The van der Waals surface area contributed by atoms with Crippen LogP contribution in [0.3, 0.4) is 0 Å². The van der Waals surface area contributed by atoms with Gasteiger partial charge >= 0.3 is 0 Å². The quantitative estimate of drug-likeness (QED) is 0.115. The van der Waals surface area contributed by atoms with Gasteiger partial charge in [-0.2, -0.15) is 25.2 Å². The van der Waals surface area contributed by atoms with E-state index >= 15 is 0 Å². The average molecular weight is 549 g/mol. The zero-order valence-corrected chi connectivity index (χ0v) is 21.1. The molecule has 0 amide bonds. The Labute approximate surface area is 231 Å². The van der Waals surface area contributed by atoms with Crippen LogP contribution in [0.25, 0.3) is 10.8 Å². The molecule has 0 spiro atoms. The van der Waals surface area contributed by atoms with E-state index in [4.69, 9.17) is 0 Å². The number of benzene rings is 4. The summed E-state index contributed by atoms with van der Waals surface area (Å²) in [5, 5.41) is 35.2. The Morgan fingerprint density at radius 2 is 1.10 bits per heavy atom. The largest absolute Gasteiger partial charge is 0.323 e. The number of hydrogen-bond donors (Lipinski definition) is 3. The molecular formula is C27H20N10O4. The fourth-order valence-electron chi connectivity index (χ4n) is 3.68. The summed E-state index contributed by atoms with van der Waals surface area (Å²) in [6.45, 7) is 0. The van der Waals surface area contributed by atoms with Crippen molar-refractivity contribution in [1.82, 2.24) is 15.0 Å². The number of anilines is 4. The maximum Gasteiger partial charge on any atom is 0.269 e. The van der Waals surface area contributed by atoms with Gasteiger partial charge in [0.2, 0.25) is 17.8 Å². The second kappa shape index (κ2) is 12.0. The molecule has 1 aromatic heterocycles. The number of nitrogens with one attached hydrogen (secondary N) is 3. The van der Waals surface area contributed by atoms with Gasteiger partial charge in [0.15, 0.2) is 0 Å². The molecule has 0 radical (unpaired) electrons.